The molecule has 1 aromatic carbocycles. The van der Waals surface area contributed by atoms with Crippen molar-refractivity contribution in [2.24, 2.45) is 0 Å². The van der Waals surface area contributed by atoms with Crippen molar-refractivity contribution in [3.05, 3.63) is 17.7 Å². The molecule has 0 aliphatic carbocycles. The number of hydrogen-bond acceptors (Lipinski definition) is 4. The van der Waals surface area contributed by atoms with E-state index in [1.54, 1.807) is 21.3 Å². The molecule has 0 radical (unpaired) electrons. The first-order valence-electron chi connectivity index (χ1n) is 6.40. The molecule has 0 saturated heterocycles. The number of thioether (sulfide) groups is 1. The number of benzene rings is 1. The van der Waals surface area contributed by atoms with Gasteiger partial charge in [-0.2, -0.15) is 11.8 Å². The zero-order chi connectivity index (χ0) is 14.5. The first kappa shape index (κ1) is 16.0. The Labute approximate surface area is 120 Å². The molecule has 108 valence electrons. The molecule has 0 aromatic heterocycles. The fourth-order valence-electron chi connectivity index (χ4n) is 1.59. The third-order valence-corrected chi connectivity index (χ3v) is 4.78. The molecule has 0 aliphatic rings. The van der Waals surface area contributed by atoms with E-state index in [1.165, 1.54) is 0 Å². The van der Waals surface area contributed by atoms with Crippen LogP contribution in [-0.4, -0.2) is 26.1 Å². The zero-order valence-electron chi connectivity index (χ0n) is 12.7. The molecule has 0 aliphatic heterocycles. The minimum absolute atomic E-state index is 0.246. The molecule has 1 aromatic rings. The highest BCUT2D eigenvalue weighted by molar-refractivity contribution is 7.99. The Morgan fingerprint density at radius 3 is 1.89 bits per heavy atom. The average Bonchev–Trinajstić information content (AvgIpc) is 2.44. The molecule has 0 bridgehead atoms. The molecular weight excluding hydrogens is 260 g/mol. The third-order valence-electron chi connectivity index (χ3n) is 3.28. The highest BCUT2D eigenvalue weighted by Crippen LogP contribution is 2.40. The molecule has 1 rings (SSSR count). The first-order chi connectivity index (χ1) is 8.97. The summed E-state index contributed by atoms with van der Waals surface area (Å²) in [6.45, 7) is 6.70. The van der Waals surface area contributed by atoms with Gasteiger partial charge in [0.15, 0.2) is 0 Å². The van der Waals surface area contributed by atoms with E-state index >= 15 is 0 Å². The van der Waals surface area contributed by atoms with Crippen molar-refractivity contribution >= 4 is 11.8 Å². The van der Waals surface area contributed by atoms with Gasteiger partial charge >= 0.3 is 0 Å². The third kappa shape index (κ3) is 4.23. The molecule has 0 amide bonds. The van der Waals surface area contributed by atoms with Crippen LogP contribution in [0.5, 0.6) is 17.2 Å². The largest absolute Gasteiger partial charge is 0.496 e. The lowest BCUT2D eigenvalue weighted by Gasteiger charge is -2.23. The monoisotopic (exact) mass is 284 g/mol. The van der Waals surface area contributed by atoms with E-state index in [0.29, 0.717) is 0 Å². The Kier molecular flexibility index (Phi) is 5.85. The maximum absolute atomic E-state index is 5.46. The van der Waals surface area contributed by atoms with Crippen molar-refractivity contribution in [2.45, 2.75) is 37.7 Å². The second kappa shape index (κ2) is 6.94. The standard InChI is InChI=1S/C15H24O3S/c1-7-15(2,3)19-10-12-13(17-5)8-11(16-4)9-14(12)18-6/h8-9H,7,10H2,1-6H3. The summed E-state index contributed by atoms with van der Waals surface area (Å²) in [5.41, 5.74) is 1.08. The summed E-state index contributed by atoms with van der Waals surface area (Å²) in [6, 6.07) is 3.80. The van der Waals surface area contributed by atoms with E-state index in [0.717, 1.165) is 35.0 Å². The molecule has 0 heterocycles. The van der Waals surface area contributed by atoms with Crippen molar-refractivity contribution in [2.75, 3.05) is 21.3 Å². The number of rotatable bonds is 7. The van der Waals surface area contributed by atoms with Gasteiger partial charge in [-0.1, -0.05) is 20.8 Å². The Balaban J connectivity index is 3.04. The Hall–Kier alpha value is -1.03. The number of hydrogen-bond donors (Lipinski definition) is 0. The van der Waals surface area contributed by atoms with Gasteiger partial charge in [0.2, 0.25) is 0 Å². The fraction of sp³-hybridized carbons (Fsp3) is 0.600. The second-order valence-electron chi connectivity index (χ2n) is 4.91. The van der Waals surface area contributed by atoms with E-state index in [-0.39, 0.29) is 4.75 Å². The quantitative estimate of drug-likeness (QED) is 0.752. The van der Waals surface area contributed by atoms with Crippen molar-refractivity contribution in [3.8, 4) is 17.2 Å². The predicted octanol–water partition coefficient (Wildman–Crippen LogP) is 4.13. The maximum atomic E-state index is 5.46. The van der Waals surface area contributed by atoms with Crippen LogP contribution < -0.4 is 14.2 Å². The smallest absolute Gasteiger partial charge is 0.130 e. The highest BCUT2D eigenvalue weighted by atomic mass is 32.2. The van der Waals surface area contributed by atoms with Gasteiger partial charge in [-0.3, -0.25) is 0 Å². The summed E-state index contributed by atoms with van der Waals surface area (Å²) >= 11 is 1.90. The van der Waals surface area contributed by atoms with E-state index < -0.39 is 0 Å². The van der Waals surface area contributed by atoms with Crippen molar-refractivity contribution in [1.82, 2.24) is 0 Å². The van der Waals surface area contributed by atoms with Crippen LogP contribution in [0.2, 0.25) is 0 Å². The Bertz CT molecular complexity index is 391. The maximum Gasteiger partial charge on any atom is 0.130 e. The van der Waals surface area contributed by atoms with Crippen LogP contribution in [0.25, 0.3) is 0 Å². The van der Waals surface area contributed by atoms with E-state index in [1.807, 2.05) is 23.9 Å². The number of ether oxygens (including phenoxy) is 3. The van der Waals surface area contributed by atoms with Crippen LogP contribution in [0.1, 0.15) is 32.8 Å². The van der Waals surface area contributed by atoms with Gasteiger partial charge in [0.25, 0.3) is 0 Å². The molecule has 0 fully saturated rings. The average molecular weight is 284 g/mol. The molecule has 0 N–H and O–H groups in total. The summed E-state index contributed by atoms with van der Waals surface area (Å²) in [7, 11) is 4.99. The van der Waals surface area contributed by atoms with Gasteiger partial charge in [-0.15, -0.1) is 0 Å². The molecule has 0 atom stereocenters. The van der Waals surface area contributed by atoms with Gasteiger partial charge in [0, 0.05) is 28.2 Å². The van der Waals surface area contributed by atoms with Gasteiger partial charge in [0.1, 0.15) is 17.2 Å². The van der Waals surface area contributed by atoms with Gasteiger partial charge in [0.05, 0.1) is 21.3 Å². The Morgan fingerprint density at radius 1 is 1.00 bits per heavy atom. The lowest BCUT2D eigenvalue weighted by molar-refractivity contribution is 0.371. The first-order valence-corrected chi connectivity index (χ1v) is 7.38. The lowest BCUT2D eigenvalue weighted by Crippen LogP contribution is -2.13. The lowest BCUT2D eigenvalue weighted by atomic mass is 10.1. The van der Waals surface area contributed by atoms with Crippen LogP contribution in [0.4, 0.5) is 0 Å². The van der Waals surface area contributed by atoms with E-state index in [9.17, 15) is 0 Å². The van der Waals surface area contributed by atoms with Crippen molar-refractivity contribution < 1.29 is 14.2 Å². The molecule has 0 unspecified atom stereocenters. The van der Waals surface area contributed by atoms with Crippen LogP contribution in [0.3, 0.4) is 0 Å². The molecule has 4 heteroatoms. The van der Waals surface area contributed by atoms with Gasteiger partial charge < -0.3 is 14.2 Å². The molecule has 0 saturated carbocycles. The van der Waals surface area contributed by atoms with Crippen LogP contribution in [-0.2, 0) is 5.75 Å². The van der Waals surface area contributed by atoms with Crippen LogP contribution >= 0.6 is 11.8 Å². The summed E-state index contributed by atoms with van der Waals surface area (Å²) < 4.78 is 16.4. The van der Waals surface area contributed by atoms with Crippen molar-refractivity contribution in [1.29, 1.82) is 0 Å². The van der Waals surface area contributed by atoms with Gasteiger partial charge in [-0.05, 0) is 6.42 Å². The molecule has 0 spiro atoms. The highest BCUT2D eigenvalue weighted by Gasteiger charge is 2.19. The zero-order valence-corrected chi connectivity index (χ0v) is 13.5. The minimum Gasteiger partial charge on any atom is -0.496 e. The van der Waals surface area contributed by atoms with Crippen LogP contribution in [0, 0.1) is 0 Å². The Morgan fingerprint density at radius 2 is 1.53 bits per heavy atom. The molecule has 19 heavy (non-hydrogen) atoms. The summed E-state index contributed by atoms with van der Waals surface area (Å²) in [6.07, 6.45) is 1.12. The van der Waals surface area contributed by atoms with Crippen LogP contribution in [0.15, 0.2) is 12.1 Å². The summed E-state index contributed by atoms with van der Waals surface area (Å²) in [5, 5.41) is 0. The molecular formula is C15H24O3S. The predicted molar refractivity (Wildman–Crippen MR) is 81.8 cm³/mol. The minimum atomic E-state index is 0.246. The van der Waals surface area contributed by atoms with Gasteiger partial charge in [-0.25, -0.2) is 0 Å². The topological polar surface area (TPSA) is 27.7 Å². The molecule has 3 nitrogen and oxygen atoms in total. The van der Waals surface area contributed by atoms with E-state index in [2.05, 4.69) is 20.8 Å². The fourth-order valence-corrected chi connectivity index (χ4v) is 2.61. The summed E-state index contributed by atoms with van der Waals surface area (Å²) in [5.74, 6) is 3.24. The van der Waals surface area contributed by atoms with Crippen molar-refractivity contribution in [3.63, 3.8) is 0 Å². The summed E-state index contributed by atoms with van der Waals surface area (Å²) in [4.78, 5) is 0. The SMILES string of the molecule is CCC(C)(C)SCc1c(OC)cc(OC)cc1OC. The van der Waals surface area contributed by atoms with E-state index in [4.69, 9.17) is 14.2 Å². The number of methoxy groups -OCH3 is 3. The second-order valence-corrected chi connectivity index (χ2v) is 6.59. The normalized spacial score (nSPS) is 11.3.